The average Bonchev–Trinajstić information content (AvgIpc) is 3.68. The van der Waals surface area contributed by atoms with Crippen LogP contribution in [0, 0.1) is 5.92 Å². The van der Waals surface area contributed by atoms with Gasteiger partial charge in [-0.1, -0.05) is 26.0 Å². The minimum absolute atomic E-state index is 0.0747. The number of aryl methyl sites for hydroxylation is 1. The minimum Gasteiger partial charge on any atom is -0.327 e. The Morgan fingerprint density at radius 2 is 1.75 bits per heavy atom. The summed E-state index contributed by atoms with van der Waals surface area (Å²) in [6, 6.07) is 11.9. The molecule has 36 heavy (non-hydrogen) atoms. The normalized spacial score (nSPS) is 13.8. The van der Waals surface area contributed by atoms with Crippen molar-refractivity contribution in [1.82, 2.24) is 28.7 Å². The molecule has 1 saturated carbocycles. The second-order valence-corrected chi connectivity index (χ2v) is 9.98. The summed E-state index contributed by atoms with van der Waals surface area (Å²) in [6.45, 7) is 5.26. The summed E-state index contributed by atoms with van der Waals surface area (Å²) in [5.74, 6) is 1.05. The third-order valence-corrected chi connectivity index (χ3v) is 6.96. The van der Waals surface area contributed by atoms with E-state index in [4.69, 9.17) is 0 Å². The van der Waals surface area contributed by atoms with Gasteiger partial charge < -0.3 is 4.57 Å². The maximum Gasteiger partial charge on any atom is 0.329 e. The Labute approximate surface area is 207 Å². The van der Waals surface area contributed by atoms with Crippen molar-refractivity contribution in [3.63, 3.8) is 0 Å². The van der Waals surface area contributed by atoms with Crippen molar-refractivity contribution in [2.45, 2.75) is 52.2 Å². The number of rotatable bonds is 7. The summed E-state index contributed by atoms with van der Waals surface area (Å²) in [5.41, 5.74) is 4.08. The highest BCUT2D eigenvalue weighted by Gasteiger charge is 2.29. The highest BCUT2D eigenvalue weighted by molar-refractivity contribution is 5.84. The summed E-state index contributed by atoms with van der Waals surface area (Å²) in [6.07, 6.45) is 9.95. The van der Waals surface area contributed by atoms with Crippen molar-refractivity contribution < 1.29 is 0 Å². The molecule has 0 spiro atoms. The van der Waals surface area contributed by atoms with Gasteiger partial charge in [-0.15, -0.1) is 0 Å². The molecule has 0 aliphatic heterocycles. The number of benzene rings is 1. The average molecular weight is 481 g/mol. The number of nitrogens with zero attached hydrogens (tertiary/aromatic N) is 6. The van der Waals surface area contributed by atoms with Gasteiger partial charge in [0.25, 0.3) is 5.56 Å². The minimum atomic E-state index is -0.282. The van der Waals surface area contributed by atoms with Gasteiger partial charge in [-0.05, 0) is 55.0 Å². The lowest BCUT2D eigenvalue weighted by atomic mass is 10.1. The molecule has 6 rings (SSSR count). The molecule has 1 aromatic carbocycles. The highest BCUT2D eigenvalue weighted by atomic mass is 16.2. The Kier molecular flexibility index (Phi) is 5.51. The van der Waals surface area contributed by atoms with E-state index in [0.717, 1.165) is 46.9 Å². The highest BCUT2D eigenvalue weighted by Crippen LogP contribution is 2.36. The second kappa shape index (κ2) is 8.86. The summed E-state index contributed by atoms with van der Waals surface area (Å²) >= 11 is 0. The first-order chi connectivity index (χ1) is 17.5. The Bertz CT molecular complexity index is 1690. The van der Waals surface area contributed by atoms with Gasteiger partial charge in [0.1, 0.15) is 5.82 Å². The van der Waals surface area contributed by atoms with E-state index >= 15 is 0 Å². The largest absolute Gasteiger partial charge is 0.329 e. The predicted molar refractivity (Wildman–Crippen MR) is 140 cm³/mol. The fourth-order valence-corrected chi connectivity index (χ4v) is 4.89. The zero-order valence-corrected chi connectivity index (χ0v) is 20.5. The van der Waals surface area contributed by atoms with E-state index in [1.54, 1.807) is 23.2 Å². The Balaban J connectivity index is 1.55. The Hall–Kier alpha value is -4.07. The molecule has 0 atom stereocenters. The monoisotopic (exact) mass is 480 g/mol. The molecule has 4 heterocycles. The lowest BCUT2D eigenvalue weighted by Gasteiger charge is -2.18. The molecule has 5 aromatic rings. The van der Waals surface area contributed by atoms with Crippen LogP contribution < -0.4 is 11.2 Å². The van der Waals surface area contributed by atoms with Crippen molar-refractivity contribution in [3.05, 3.63) is 87.8 Å². The first-order valence-corrected chi connectivity index (χ1v) is 12.5. The number of hydrogen-bond acceptors (Lipinski definition) is 5. The molecule has 0 unspecified atom stereocenters. The summed E-state index contributed by atoms with van der Waals surface area (Å²) < 4.78 is 5.69. The van der Waals surface area contributed by atoms with Gasteiger partial charge >= 0.3 is 5.69 Å². The maximum atomic E-state index is 13.5. The molecule has 0 radical (unpaired) electrons. The van der Waals surface area contributed by atoms with Crippen LogP contribution in [0.5, 0.6) is 0 Å². The second-order valence-electron chi connectivity index (χ2n) is 9.98. The molecule has 4 aromatic heterocycles. The number of aromatic nitrogens is 6. The third kappa shape index (κ3) is 3.92. The standard InChI is InChI=1S/C28H28N6O2/c1-18(2)10-13-32-24-14-19(20-4-3-11-29-15-20)5-8-22(24)27(35)31-26(32)17-33-25-16-30-12-9-23(25)34(28(33)36)21-6-7-21/h3-5,8-9,11-12,14-16,18,21H,6-7,10,13,17H2,1-2H3. The summed E-state index contributed by atoms with van der Waals surface area (Å²) in [4.78, 5) is 39.7. The molecule has 0 saturated heterocycles. The molecular weight excluding hydrogens is 452 g/mol. The quantitative estimate of drug-likeness (QED) is 0.345. The SMILES string of the molecule is CC(C)CCn1c(Cn2c(=O)n(C3CC3)c3ccncc32)nc(=O)c2ccc(-c3cccnc3)cc21. The molecule has 182 valence electrons. The number of imidazole rings is 1. The van der Waals surface area contributed by atoms with Crippen LogP contribution in [0.2, 0.25) is 0 Å². The zero-order chi connectivity index (χ0) is 24.8. The topological polar surface area (TPSA) is 87.6 Å². The van der Waals surface area contributed by atoms with Crippen LogP contribution >= 0.6 is 0 Å². The molecule has 0 bridgehead atoms. The van der Waals surface area contributed by atoms with Crippen molar-refractivity contribution >= 4 is 21.9 Å². The van der Waals surface area contributed by atoms with Crippen molar-refractivity contribution in [2.75, 3.05) is 0 Å². The van der Waals surface area contributed by atoms with Crippen LogP contribution in [-0.2, 0) is 13.1 Å². The maximum absolute atomic E-state index is 13.5. The van der Waals surface area contributed by atoms with E-state index in [9.17, 15) is 9.59 Å². The zero-order valence-electron chi connectivity index (χ0n) is 20.5. The van der Waals surface area contributed by atoms with Crippen molar-refractivity contribution in [1.29, 1.82) is 0 Å². The fraction of sp³-hybridized carbons (Fsp3) is 0.321. The molecule has 1 fully saturated rings. The molecule has 8 heteroatoms. The Morgan fingerprint density at radius 1 is 0.917 bits per heavy atom. The lowest BCUT2D eigenvalue weighted by molar-refractivity contribution is 0.500. The first kappa shape index (κ1) is 22.4. The third-order valence-electron chi connectivity index (χ3n) is 6.96. The van der Waals surface area contributed by atoms with Gasteiger partial charge in [-0.3, -0.25) is 23.9 Å². The molecule has 0 N–H and O–H groups in total. The van der Waals surface area contributed by atoms with Crippen LogP contribution in [0.15, 0.2) is 70.8 Å². The lowest BCUT2D eigenvalue weighted by Crippen LogP contribution is -2.28. The fourth-order valence-electron chi connectivity index (χ4n) is 4.89. The van der Waals surface area contributed by atoms with Crippen molar-refractivity contribution in [2.24, 2.45) is 5.92 Å². The van der Waals surface area contributed by atoms with Crippen LogP contribution in [0.3, 0.4) is 0 Å². The van der Waals surface area contributed by atoms with Crippen LogP contribution in [0.25, 0.3) is 33.1 Å². The van der Waals surface area contributed by atoms with E-state index in [1.165, 1.54) is 0 Å². The van der Waals surface area contributed by atoms with E-state index < -0.39 is 0 Å². The number of hydrogen-bond donors (Lipinski definition) is 0. The van der Waals surface area contributed by atoms with Gasteiger partial charge in [0, 0.05) is 36.7 Å². The van der Waals surface area contributed by atoms with Crippen LogP contribution in [0.1, 0.15) is 45.0 Å². The smallest absolute Gasteiger partial charge is 0.327 e. The molecule has 8 nitrogen and oxygen atoms in total. The van der Waals surface area contributed by atoms with E-state index in [1.807, 2.05) is 47.2 Å². The van der Waals surface area contributed by atoms with Gasteiger partial charge in [-0.2, -0.15) is 4.98 Å². The summed E-state index contributed by atoms with van der Waals surface area (Å²) in [5, 5.41) is 0.574. The first-order valence-electron chi connectivity index (χ1n) is 12.5. The molecule has 1 aliphatic carbocycles. The van der Waals surface area contributed by atoms with Gasteiger partial charge in [0.2, 0.25) is 0 Å². The van der Waals surface area contributed by atoms with Crippen LogP contribution in [0.4, 0.5) is 0 Å². The van der Waals surface area contributed by atoms with Gasteiger partial charge in [0.05, 0.1) is 34.7 Å². The molecule has 1 aliphatic rings. The number of fused-ring (bicyclic) bond motifs is 2. The Morgan fingerprint density at radius 3 is 2.50 bits per heavy atom. The molecular formula is C28H28N6O2. The van der Waals surface area contributed by atoms with E-state index in [0.29, 0.717) is 23.7 Å². The van der Waals surface area contributed by atoms with E-state index in [-0.39, 0.29) is 23.8 Å². The van der Waals surface area contributed by atoms with Gasteiger partial charge in [-0.25, -0.2) is 4.79 Å². The van der Waals surface area contributed by atoms with Crippen molar-refractivity contribution in [3.8, 4) is 11.1 Å². The van der Waals surface area contributed by atoms with Gasteiger partial charge in [0.15, 0.2) is 0 Å². The predicted octanol–water partition coefficient (Wildman–Crippen LogP) is 4.40. The number of pyridine rings is 2. The van der Waals surface area contributed by atoms with E-state index in [2.05, 4.69) is 33.4 Å². The summed E-state index contributed by atoms with van der Waals surface area (Å²) in [7, 11) is 0. The molecule has 0 amide bonds. The van der Waals surface area contributed by atoms with Crippen LogP contribution in [-0.4, -0.2) is 28.7 Å².